The Morgan fingerprint density at radius 3 is 2.24 bits per heavy atom. The van der Waals surface area contributed by atoms with Crippen molar-refractivity contribution in [1.29, 1.82) is 0 Å². The van der Waals surface area contributed by atoms with Crippen LogP contribution in [-0.4, -0.2) is 17.8 Å². The van der Waals surface area contributed by atoms with E-state index in [-0.39, 0.29) is 11.7 Å². The number of hydrogen-bond acceptors (Lipinski definition) is 4. The third-order valence-corrected chi connectivity index (χ3v) is 4.12. The fraction of sp³-hybridized carbons (Fsp3) is 0.130. The molecule has 0 saturated heterocycles. The number of ether oxygens (including phenoxy) is 1. The summed E-state index contributed by atoms with van der Waals surface area (Å²) in [6, 6.07) is 26.3. The predicted molar refractivity (Wildman–Crippen MR) is 114 cm³/mol. The number of oxime groups is 1. The Morgan fingerprint density at radius 2 is 1.59 bits per heavy atom. The first-order valence-electron chi connectivity index (χ1n) is 9.24. The van der Waals surface area contributed by atoms with E-state index in [1.165, 1.54) is 0 Å². The molecule has 0 saturated carbocycles. The molecule has 1 unspecified atom stereocenters. The van der Waals surface area contributed by atoms with Gasteiger partial charge in [-0.05, 0) is 36.8 Å². The van der Waals surface area contributed by atoms with Crippen molar-refractivity contribution in [2.45, 2.75) is 19.6 Å². The van der Waals surface area contributed by atoms with Gasteiger partial charge in [0.25, 0.3) is 5.91 Å². The maximum Gasteiger partial charge on any atom is 0.267 e. The first-order chi connectivity index (χ1) is 14.1. The summed E-state index contributed by atoms with van der Waals surface area (Å²) < 4.78 is 5.74. The highest BCUT2D eigenvalue weighted by atomic mass is 16.6. The Labute approximate surface area is 169 Å². The van der Waals surface area contributed by atoms with Gasteiger partial charge in [0.15, 0.2) is 5.84 Å². The average Bonchev–Trinajstić information content (AvgIpc) is 2.78. The normalized spacial score (nSPS) is 12.1. The molecule has 0 radical (unpaired) electrons. The molecule has 1 amide bonds. The highest BCUT2D eigenvalue weighted by molar-refractivity contribution is 5.97. The summed E-state index contributed by atoms with van der Waals surface area (Å²) in [4.78, 5) is 17.5. The molecule has 0 aliphatic rings. The summed E-state index contributed by atoms with van der Waals surface area (Å²) in [5, 5.41) is 6.61. The van der Waals surface area contributed by atoms with Crippen molar-refractivity contribution in [2.24, 2.45) is 10.9 Å². The Bertz CT molecular complexity index is 942. The second kappa shape index (κ2) is 9.94. The summed E-state index contributed by atoms with van der Waals surface area (Å²) in [6.45, 7) is 2.09. The molecular formula is C23H23N3O3. The van der Waals surface area contributed by atoms with Crippen LogP contribution in [0.2, 0.25) is 0 Å². The van der Waals surface area contributed by atoms with E-state index in [1.807, 2.05) is 60.7 Å². The van der Waals surface area contributed by atoms with Gasteiger partial charge in [0, 0.05) is 11.3 Å². The van der Waals surface area contributed by atoms with Crippen LogP contribution in [0.15, 0.2) is 90.1 Å². The number of amides is 1. The van der Waals surface area contributed by atoms with Gasteiger partial charge in [-0.15, -0.1) is 0 Å². The number of carbonyl (C=O) groups excluding carboxylic acids is 1. The lowest BCUT2D eigenvalue weighted by molar-refractivity contribution is -0.126. The third-order valence-electron chi connectivity index (χ3n) is 4.12. The Morgan fingerprint density at radius 1 is 0.966 bits per heavy atom. The summed E-state index contributed by atoms with van der Waals surface area (Å²) in [5.41, 5.74) is 8.32. The molecule has 0 bridgehead atoms. The fourth-order valence-electron chi connectivity index (χ4n) is 2.46. The average molecular weight is 389 g/mol. The largest absolute Gasteiger partial charge is 0.489 e. The van der Waals surface area contributed by atoms with Gasteiger partial charge in [-0.25, -0.2) is 0 Å². The van der Waals surface area contributed by atoms with Crippen molar-refractivity contribution in [3.05, 3.63) is 96.1 Å². The number of carbonyl (C=O) groups is 1. The van der Waals surface area contributed by atoms with E-state index in [9.17, 15) is 4.79 Å². The van der Waals surface area contributed by atoms with E-state index in [0.29, 0.717) is 12.3 Å². The second-order valence-electron chi connectivity index (χ2n) is 6.38. The minimum absolute atomic E-state index is 0.213. The summed E-state index contributed by atoms with van der Waals surface area (Å²) >= 11 is 0. The summed E-state index contributed by atoms with van der Waals surface area (Å²) in [7, 11) is 0. The van der Waals surface area contributed by atoms with E-state index in [1.54, 1.807) is 31.2 Å². The molecule has 0 fully saturated rings. The van der Waals surface area contributed by atoms with Crippen molar-refractivity contribution in [1.82, 2.24) is 0 Å². The lowest BCUT2D eigenvalue weighted by atomic mass is 10.2. The maximum absolute atomic E-state index is 12.3. The van der Waals surface area contributed by atoms with Crippen LogP contribution in [0.25, 0.3) is 0 Å². The van der Waals surface area contributed by atoms with Crippen LogP contribution in [0.1, 0.15) is 18.1 Å². The quantitative estimate of drug-likeness (QED) is 0.347. The maximum atomic E-state index is 12.3. The molecular weight excluding hydrogens is 366 g/mol. The molecule has 6 nitrogen and oxygen atoms in total. The smallest absolute Gasteiger partial charge is 0.267 e. The van der Waals surface area contributed by atoms with Crippen LogP contribution in [-0.2, 0) is 16.2 Å². The highest BCUT2D eigenvalue weighted by Gasteiger charge is 2.15. The summed E-state index contributed by atoms with van der Waals surface area (Å²) in [6.07, 6.45) is -0.800. The topological polar surface area (TPSA) is 85.9 Å². The van der Waals surface area contributed by atoms with Gasteiger partial charge in [0.2, 0.25) is 6.10 Å². The zero-order valence-corrected chi connectivity index (χ0v) is 16.1. The first kappa shape index (κ1) is 19.9. The van der Waals surface area contributed by atoms with Gasteiger partial charge in [0.1, 0.15) is 12.4 Å². The van der Waals surface area contributed by atoms with Gasteiger partial charge < -0.3 is 20.6 Å². The zero-order chi connectivity index (χ0) is 20.5. The number of hydrogen-bond donors (Lipinski definition) is 2. The monoisotopic (exact) mass is 389 g/mol. The van der Waals surface area contributed by atoms with E-state index in [4.69, 9.17) is 15.3 Å². The van der Waals surface area contributed by atoms with E-state index < -0.39 is 6.10 Å². The molecule has 0 aromatic heterocycles. The van der Waals surface area contributed by atoms with Crippen LogP contribution in [0.5, 0.6) is 5.75 Å². The fourth-order valence-corrected chi connectivity index (χ4v) is 2.46. The Hall–Kier alpha value is -3.80. The van der Waals surface area contributed by atoms with E-state index in [0.717, 1.165) is 16.9 Å². The lowest BCUT2D eigenvalue weighted by Crippen LogP contribution is -2.27. The number of nitrogens with zero attached hydrogens (tertiary/aromatic N) is 1. The van der Waals surface area contributed by atoms with Crippen LogP contribution < -0.4 is 15.8 Å². The number of nitrogens with two attached hydrogens (primary N) is 1. The standard InChI is InChI=1S/C23H23N3O3/c1-17(29-26-22(24)19-10-6-3-7-11-19)23(27)25-20-12-14-21(15-13-20)28-16-18-8-4-2-5-9-18/h2-15,17H,16H2,1H3,(H2,24,26)(H,25,27). The van der Waals surface area contributed by atoms with Crippen molar-refractivity contribution >= 4 is 17.4 Å². The molecule has 3 rings (SSSR count). The number of nitrogens with one attached hydrogen (secondary N) is 1. The predicted octanol–water partition coefficient (Wildman–Crippen LogP) is 3.93. The minimum atomic E-state index is -0.800. The van der Waals surface area contributed by atoms with Gasteiger partial charge >= 0.3 is 0 Å². The Kier molecular flexibility index (Phi) is 6.84. The molecule has 148 valence electrons. The minimum Gasteiger partial charge on any atom is -0.489 e. The first-order valence-corrected chi connectivity index (χ1v) is 9.24. The van der Waals surface area contributed by atoms with Crippen LogP contribution in [0.4, 0.5) is 5.69 Å². The number of benzene rings is 3. The van der Waals surface area contributed by atoms with Crippen molar-refractivity contribution < 1.29 is 14.4 Å². The Balaban J connectivity index is 1.49. The molecule has 3 aromatic rings. The van der Waals surface area contributed by atoms with Crippen molar-refractivity contribution in [3.63, 3.8) is 0 Å². The molecule has 3 N–H and O–H groups in total. The molecule has 0 heterocycles. The second-order valence-corrected chi connectivity index (χ2v) is 6.38. The van der Waals surface area contributed by atoms with Crippen LogP contribution in [0, 0.1) is 0 Å². The zero-order valence-electron chi connectivity index (χ0n) is 16.1. The number of rotatable bonds is 8. The van der Waals surface area contributed by atoms with Crippen LogP contribution in [0.3, 0.4) is 0 Å². The van der Waals surface area contributed by atoms with Gasteiger partial charge in [-0.3, -0.25) is 4.79 Å². The molecule has 0 spiro atoms. The highest BCUT2D eigenvalue weighted by Crippen LogP contribution is 2.17. The third kappa shape index (κ3) is 6.10. The SMILES string of the molecule is CC(ON=C(N)c1ccccc1)C(=O)Nc1ccc(OCc2ccccc2)cc1. The molecule has 29 heavy (non-hydrogen) atoms. The van der Waals surface area contributed by atoms with Crippen molar-refractivity contribution in [3.8, 4) is 5.75 Å². The lowest BCUT2D eigenvalue weighted by Gasteiger charge is -2.12. The molecule has 0 aliphatic carbocycles. The van der Waals surface area contributed by atoms with Gasteiger partial charge in [0.05, 0.1) is 0 Å². The molecule has 0 aliphatic heterocycles. The van der Waals surface area contributed by atoms with Gasteiger partial charge in [-0.2, -0.15) is 0 Å². The number of anilines is 1. The van der Waals surface area contributed by atoms with Crippen LogP contribution >= 0.6 is 0 Å². The molecule has 6 heteroatoms. The van der Waals surface area contributed by atoms with Gasteiger partial charge in [-0.1, -0.05) is 65.8 Å². The molecule has 3 aromatic carbocycles. The molecule has 1 atom stereocenters. The van der Waals surface area contributed by atoms with Crippen molar-refractivity contribution in [2.75, 3.05) is 5.32 Å². The number of amidine groups is 1. The summed E-state index contributed by atoms with van der Waals surface area (Å²) in [5.74, 6) is 0.606. The van der Waals surface area contributed by atoms with E-state index in [2.05, 4.69) is 10.5 Å². The van der Waals surface area contributed by atoms with E-state index >= 15 is 0 Å².